The van der Waals surface area contributed by atoms with Crippen LogP contribution in [0.1, 0.15) is 42.5 Å². The van der Waals surface area contributed by atoms with Crippen molar-refractivity contribution in [2.45, 2.75) is 39.3 Å². The lowest BCUT2D eigenvalue weighted by molar-refractivity contribution is -0.126. The maximum absolute atomic E-state index is 12.5. The van der Waals surface area contributed by atoms with Gasteiger partial charge in [-0.15, -0.1) is 0 Å². The Morgan fingerprint density at radius 2 is 1.95 bits per heavy atom. The number of carbonyl (C=O) groups excluding carboxylic acids is 1. The second-order valence-corrected chi connectivity index (χ2v) is 5.50. The SMILES string of the molecule is Cc1noc(C)c1C(C)NC(=O)C(C)(N)c1ccccc1. The molecule has 5 heteroatoms. The van der Waals surface area contributed by atoms with E-state index in [1.54, 1.807) is 6.92 Å². The van der Waals surface area contributed by atoms with Crippen molar-refractivity contribution in [2.24, 2.45) is 5.73 Å². The average molecular weight is 287 g/mol. The van der Waals surface area contributed by atoms with Gasteiger partial charge >= 0.3 is 0 Å². The van der Waals surface area contributed by atoms with Crippen LogP contribution in [0.2, 0.25) is 0 Å². The predicted octanol–water partition coefficient (Wildman–Crippen LogP) is 2.34. The van der Waals surface area contributed by atoms with Gasteiger partial charge in [-0.25, -0.2) is 0 Å². The van der Waals surface area contributed by atoms with Crippen LogP contribution in [-0.2, 0) is 10.3 Å². The van der Waals surface area contributed by atoms with Crippen LogP contribution < -0.4 is 11.1 Å². The fourth-order valence-electron chi connectivity index (χ4n) is 2.44. The average Bonchev–Trinajstić information content (AvgIpc) is 2.79. The van der Waals surface area contributed by atoms with Crippen molar-refractivity contribution in [3.63, 3.8) is 0 Å². The van der Waals surface area contributed by atoms with Gasteiger partial charge in [0.05, 0.1) is 11.7 Å². The van der Waals surface area contributed by atoms with Crippen LogP contribution in [0, 0.1) is 13.8 Å². The lowest BCUT2D eigenvalue weighted by Crippen LogP contribution is -2.49. The second kappa shape index (κ2) is 5.69. The highest BCUT2D eigenvalue weighted by Gasteiger charge is 2.32. The summed E-state index contributed by atoms with van der Waals surface area (Å²) < 4.78 is 5.14. The van der Waals surface area contributed by atoms with E-state index in [1.165, 1.54) is 0 Å². The van der Waals surface area contributed by atoms with Crippen LogP contribution >= 0.6 is 0 Å². The monoisotopic (exact) mass is 287 g/mol. The minimum absolute atomic E-state index is 0.213. The Labute approximate surface area is 124 Å². The fraction of sp³-hybridized carbons (Fsp3) is 0.375. The minimum Gasteiger partial charge on any atom is -0.361 e. The standard InChI is InChI=1S/C16H21N3O2/c1-10(14-11(2)19-21-12(14)3)18-15(20)16(4,17)13-8-6-5-7-9-13/h5-10H,17H2,1-4H3,(H,18,20). The van der Waals surface area contributed by atoms with Crippen LogP contribution in [0.15, 0.2) is 34.9 Å². The molecule has 0 fully saturated rings. The van der Waals surface area contributed by atoms with E-state index in [1.807, 2.05) is 51.1 Å². The van der Waals surface area contributed by atoms with Gasteiger partial charge in [0.15, 0.2) is 0 Å². The summed E-state index contributed by atoms with van der Waals surface area (Å²) >= 11 is 0. The van der Waals surface area contributed by atoms with E-state index in [2.05, 4.69) is 10.5 Å². The van der Waals surface area contributed by atoms with E-state index in [-0.39, 0.29) is 11.9 Å². The summed E-state index contributed by atoms with van der Waals surface area (Å²) in [5.74, 6) is 0.472. The van der Waals surface area contributed by atoms with Gasteiger partial charge in [0.2, 0.25) is 5.91 Å². The zero-order valence-corrected chi connectivity index (χ0v) is 12.8. The molecule has 3 N–H and O–H groups in total. The van der Waals surface area contributed by atoms with Crippen LogP contribution in [0.5, 0.6) is 0 Å². The third-order valence-electron chi connectivity index (χ3n) is 3.71. The minimum atomic E-state index is -1.09. The molecule has 0 saturated carbocycles. The summed E-state index contributed by atoms with van der Waals surface area (Å²) in [5.41, 5.74) is 7.56. The first-order valence-corrected chi connectivity index (χ1v) is 6.92. The third-order valence-corrected chi connectivity index (χ3v) is 3.71. The molecule has 2 rings (SSSR count). The predicted molar refractivity (Wildman–Crippen MR) is 80.5 cm³/mol. The zero-order chi connectivity index (χ0) is 15.6. The Morgan fingerprint density at radius 1 is 1.33 bits per heavy atom. The number of amides is 1. The molecular weight excluding hydrogens is 266 g/mol. The van der Waals surface area contributed by atoms with Crippen molar-refractivity contribution < 1.29 is 9.32 Å². The van der Waals surface area contributed by atoms with E-state index in [0.29, 0.717) is 5.76 Å². The van der Waals surface area contributed by atoms with Gasteiger partial charge in [-0.2, -0.15) is 0 Å². The van der Waals surface area contributed by atoms with E-state index >= 15 is 0 Å². The first-order valence-electron chi connectivity index (χ1n) is 6.92. The van der Waals surface area contributed by atoms with Gasteiger partial charge in [0, 0.05) is 5.56 Å². The zero-order valence-electron chi connectivity index (χ0n) is 12.8. The molecule has 0 radical (unpaired) electrons. The Morgan fingerprint density at radius 3 is 2.48 bits per heavy atom. The highest BCUT2D eigenvalue weighted by molar-refractivity contribution is 5.87. The lowest BCUT2D eigenvalue weighted by Gasteiger charge is -2.26. The Hall–Kier alpha value is -2.14. The molecule has 1 aromatic carbocycles. The van der Waals surface area contributed by atoms with Crippen molar-refractivity contribution in [1.29, 1.82) is 0 Å². The summed E-state index contributed by atoms with van der Waals surface area (Å²) in [6.45, 7) is 7.29. The summed E-state index contributed by atoms with van der Waals surface area (Å²) in [5, 5.41) is 6.85. The lowest BCUT2D eigenvalue weighted by atomic mass is 9.91. The number of nitrogens with zero attached hydrogens (tertiary/aromatic N) is 1. The molecule has 0 aliphatic heterocycles. The molecule has 2 unspecified atom stereocenters. The first-order chi connectivity index (χ1) is 9.84. The molecule has 0 aliphatic rings. The smallest absolute Gasteiger partial charge is 0.244 e. The number of aromatic nitrogens is 1. The molecular formula is C16H21N3O2. The molecule has 2 aromatic rings. The molecule has 1 amide bonds. The molecule has 1 heterocycles. The van der Waals surface area contributed by atoms with E-state index in [0.717, 1.165) is 16.8 Å². The number of nitrogens with one attached hydrogen (secondary N) is 1. The maximum atomic E-state index is 12.5. The van der Waals surface area contributed by atoms with Crippen LogP contribution in [0.4, 0.5) is 0 Å². The molecule has 1 aromatic heterocycles. The molecule has 112 valence electrons. The quantitative estimate of drug-likeness (QED) is 0.904. The maximum Gasteiger partial charge on any atom is 0.244 e. The number of hydrogen-bond donors (Lipinski definition) is 2. The van der Waals surface area contributed by atoms with Crippen LogP contribution in [-0.4, -0.2) is 11.1 Å². The number of hydrogen-bond acceptors (Lipinski definition) is 4. The molecule has 0 aliphatic carbocycles. The number of aryl methyl sites for hydroxylation is 2. The van der Waals surface area contributed by atoms with Crippen molar-refractivity contribution in [3.05, 3.63) is 52.9 Å². The number of benzene rings is 1. The second-order valence-electron chi connectivity index (χ2n) is 5.50. The van der Waals surface area contributed by atoms with Gasteiger partial charge in [0.1, 0.15) is 11.3 Å². The largest absolute Gasteiger partial charge is 0.361 e. The van der Waals surface area contributed by atoms with Crippen LogP contribution in [0.3, 0.4) is 0 Å². The normalized spacial score (nSPS) is 15.3. The number of carbonyl (C=O) groups is 1. The Bertz CT molecular complexity index is 613. The number of nitrogens with two attached hydrogens (primary N) is 1. The molecule has 0 saturated heterocycles. The summed E-state index contributed by atoms with van der Waals surface area (Å²) in [4.78, 5) is 12.5. The Balaban J connectivity index is 2.18. The first kappa shape index (κ1) is 15.3. The van der Waals surface area contributed by atoms with Crippen molar-refractivity contribution >= 4 is 5.91 Å². The van der Waals surface area contributed by atoms with Crippen LogP contribution in [0.25, 0.3) is 0 Å². The van der Waals surface area contributed by atoms with Crippen molar-refractivity contribution in [1.82, 2.24) is 10.5 Å². The van der Waals surface area contributed by atoms with Crippen molar-refractivity contribution in [3.8, 4) is 0 Å². The highest BCUT2D eigenvalue weighted by Crippen LogP contribution is 2.23. The van der Waals surface area contributed by atoms with E-state index in [4.69, 9.17) is 10.3 Å². The molecule has 21 heavy (non-hydrogen) atoms. The summed E-state index contributed by atoms with van der Waals surface area (Å²) in [6.07, 6.45) is 0. The highest BCUT2D eigenvalue weighted by atomic mass is 16.5. The van der Waals surface area contributed by atoms with E-state index < -0.39 is 5.54 Å². The van der Waals surface area contributed by atoms with E-state index in [9.17, 15) is 4.79 Å². The van der Waals surface area contributed by atoms with Gasteiger partial charge in [-0.1, -0.05) is 35.5 Å². The summed E-state index contributed by atoms with van der Waals surface area (Å²) in [7, 11) is 0. The fourth-order valence-corrected chi connectivity index (χ4v) is 2.44. The molecule has 2 atom stereocenters. The van der Waals surface area contributed by atoms with Gasteiger partial charge in [-0.05, 0) is 33.3 Å². The molecule has 0 spiro atoms. The number of rotatable bonds is 4. The van der Waals surface area contributed by atoms with Gasteiger partial charge in [0.25, 0.3) is 0 Å². The topological polar surface area (TPSA) is 81.2 Å². The van der Waals surface area contributed by atoms with Gasteiger partial charge in [-0.3, -0.25) is 4.79 Å². The van der Waals surface area contributed by atoms with Gasteiger partial charge < -0.3 is 15.6 Å². The Kier molecular flexibility index (Phi) is 4.14. The molecule has 5 nitrogen and oxygen atoms in total. The van der Waals surface area contributed by atoms with Crippen molar-refractivity contribution in [2.75, 3.05) is 0 Å². The summed E-state index contributed by atoms with van der Waals surface area (Å²) in [6, 6.07) is 9.11. The third kappa shape index (κ3) is 2.97. The molecule has 0 bridgehead atoms.